The highest BCUT2D eigenvalue weighted by molar-refractivity contribution is 6.68. The minimum Gasteiger partial charge on any atom is -0.431 e. The van der Waals surface area contributed by atoms with Gasteiger partial charge in [0.15, 0.2) is 7.59 Å². The van der Waals surface area contributed by atoms with E-state index in [9.17, 15) is 4.79 Å². The summed E-state index contributed by atoms with van der Waals surface area (Å²) in [5.41, 5.74) is 0. The lowest BCUT2D eigenvalue weighted by Crippen LogP contribution is -2.33. The molecule has 2 fully saturated rings. The summed E-state index contributed by atoms with van der Waals surface area (Å²) >= 11 is 35.4. The standard InChI is InChI=1S/C15H20Cl6O3/c16-14(17,18)9-1-5-11(6-2-9)23-13(22)24-12-7-3-10(4-8-12)15(19,20)21/h9-12H,1-8H2. The molecule has 0 N–H and O–H groups in total. The van der Waals surface area contributed by atoms with Crippen molar-refractivity contribution in [3.8, 4) is 0 Å². The lowest BCUT2D eigenvalue weighted by atomic mass is 9.88. The molecule has 0 radical (unpaired) electrons. The minimum absolute atomic E-state index is 0.00410. The zero-order chi connectivity index (χ0) is 18.0. The van der Waals surface area contributed by atoms with E-state index in [1.165, 1.54) is 0 Å². The Balaban J connectivity index is 1.68. The Bertz CT molecular complexity index is 380. The predicted octanol–water partition coefficient (Wildman–Crippen LogP) is 7.00. The van der Waals surface area contributed by atoms with Gasteiger partial charge in [0.05, 0.1) is 0 Å². The molecular formula is C15H20Cl6O3. The van der Waals surface area contributed by atoms with Gasteiger partial charge in [-0.25, -0.2) is 4.79 Å². The average Bonchev–Trinajstić information content (AvgIpc) is 2.46. The summed E-state index contributed by atoms with van der Waals surface area (Å²) in [5.74, 6) is -0.00820. The first-order valence-electron chi connectivity index (χ1n) is 8.06. The zero-order valence-corrected chi connectivity index (χ0v) is 17.5. The van der Waals surface area contributed by atoms with Gasteiger partial charge >= 0.3 is 6.16 Å². The summed E-state index contributed by atoms with van der Waals surface area (Å²) in [5, 5.41) is 0. The van der Waals surface area contributed by atoms with Crippen molar-refractivity contribution in [2.45, 2.75) is 71.2 Å². The Morgan fingerprint density at radius 2 is 0.917 bits per heavy atom. The average molecular weight is 461 g/mol. The van der Waals surface area contributed by atoms with Crippen molar-refractivity contribution in [3.05, 3.63) is 0 Å². The lowest BCUT2D eigenvalue weighted by molar-refractivity contribution is -0.0255. The van der Waals surface area contributed by atoms with Crippen molar-refractivity contribution in [2.24, 2.45) is 11.8 Å². The van der Waals surface area contributed by atoms with Crippen LogP contribution in [0.4, 0.5) is 4.79 Å². The van der Waals surface area contributed by atoms with Crippen LogP contribution in [0.1, 0.15) is 51.4 Å². The van der Waals surface area contributed by atoms with Crippen molar-refractivity contribution >= 4 is 75.8 Å². The van der Waals surface area contributed by atoms with Gasteiger partial charge in [-0.3, -0.25) is 0 Å². The summed E-state index contributed by atoms with van der Waals surface area (Å²) in [7, 11) is 0. The van der Waals surface area contributed by atoms with Crippen molar-refractivity contribution < 1.29 is 14.3 Å². The van der Waals surface area contributed by atoms with Crippen LogP contribution in [-0.4, -0.2) is 25.9 Å². The van der Waals surface area contributed by atoms with E-state index in [0.717, 1.165) is 0 Å². The van der Waals surface area contributed by atoms with Crippen LogP contribution in [-0.2, 0) is 9.47 Å². The number of carbonyl (C=O) groups excluding carboxylic acids is 1. The predicted molar refractivity (Wildman–Crippen MR) is 99.6 cm³/mol. The highest BCUT2D eigenvalue weighted by atomic mass is 35.6. The Labute approximate surface area is 172 Å². The molecule has 3 nitrogen and oxygen atoms in total. The first kappa shape index (κ1) is 21.3. The van der Waals surface area contributed by atoms with E-state index in [-0.39, 0.29) is 24.0 Å². The van der Waals surface area contributed by atoms with Gasteiger partial charge in [0.1, 0.15) is 12.2 Å². The van der Waals surface area contributed by atoms with Gasteiger partial charge in [0.2, 0.25) is 0 Å². The quantitative estimate of drug-likeness (QED) is 0.328. The number of ether oxygens (including phenoxy) is 2. The van der Waals surface area contributed by atoms with Crippen LogP contribution in [0.25, 0.3) is 0 Å². The summed E-state index contributed by atoms with van der Waals surface area (Å²) in [6.45, 7) is 0. The van der Waals surface area contributed by atoms with Crippen LogP contribution in [0.15, 0.2) is 0 Å². The van der Waals surface area contributed by atoms with Crippen molar-refractivity contribution in [2.75, 3.05) is 0 Å². The van der Waals surface area contributed by atoms with Crippen LogP contribution >= 0.6 is 69.6 Å². The van der Waals surface area contributed by atoms with Crippen LogP contribution in [0, 0.1) is 11.8 Å². The molecule has 0 heterocycles. The first-order valence-corrected chi connectivity index (χ1v) is 10.3. The third-order valence-corrected chi connectivity index (χ3v) is 6.65. The normalized spacial score (nSPS) is 32.2. The third kappa shape index (κ3) is 6.63. The van der Waals surface area contributed by atoms with Gasteiger partial charge in [0, 0.05) is 11.8 Å². The maximum absolute atomic E-state index is 11.9. The molecule has 0 aromatic rings. The topological polar surface area (TPSA) is 35.5 Å². The van der Waals surface area contributed by atoms with Crippen molar-refractivity contribution in [1.29, 1.82) is 0 Å². The number of carbonyl (C=O) groups is 1. The molecule has 140 valence electrons. The summed E-state index contributed by atoms with van der Waals surface area (Å²) in [6.07, 6.45) is 4.54. The molecule has 0 aromatic heterocycles. The molecule has 0 bridgehead atoms. The molecule has 2 aliphatic rings. The Morgan fingerprint density at radius 1 is 0.625 bits per heavy atom. The zero-order valence-electron chi connectivity index (χ0n) is 13.0. The molecule has 0 unspecified atom stereocenters. The van der Waals surface area contributed by atoms with Gasteiger partial charge in [0.25, 0.3) is 0 Å². The van der Waals surface area contributed by atoms with Crippen LogP contribution < -0.4 is 0 Å². The van der Waals surface area contributed by atoms with Gasteiger partial charge in [-0.05, 0) is 51.4 Å². The van der Waals surface area contributed by atoms with E-state index in [1.807, 2.05) is 0 Å². The Kier molecular flexibility index (Phi) is 7.81. The molecule has 0 saturated heterocycles. The molecular weight excluding hydrogens is 441 g/mol. The molecule has 0 amide bonds. The summed E-state index contributed by atoms with van der Waals surface area (Å²) < 4.78 is 8.25. The van der Waals surface area contributed by atoms with Gasteiger partial charge in [-0.2, -0.15) is 0 Å². The second-order valence-corrected chi connectivity index (χ2v) is 11.3. The molecule has 24 heavy (non-hydrogen) atoms. The maximum Gasteiger partial charge on any atom is 0.508 e. The molecule has 0 atom stereocenters. The number of rotatable bonds is 2. The second kappa shape index (κ2) is 8.80. The lowest BCUT2D eigenvalue weighted by Gasteiger charge is -2.33. The third-order valence-electron chi connectivity index (χ3n) is 4.80. The van der Waals surface area contributed by atoms with E-state index in [0.29, 0.717) is 51.4 Å². The molecule has 0 aliphatic heterocycles. The van der Waals surface area contributed by atoms with E-state index in [4.69, 9.17) is 79.1 Å². The van der Waals surface area contributed by atoms with Crippen LogP contribution in [0.2, 0.25) is 0 Å². The summed E-state index contributed by atoms with van der Waals surface area (Å²) in [4.78, 5) is 11.9. The molecule has 2 rings (SSSR count). The van der Waals surface area contributed by atoms with Crippen molar-refractivity contribution in [1.82, 2.24) is 0 Å². The first-order chi connectivity index (χ1) is 11.1. The fraction of sp³-hybridized carbons (Fsp3) is 0.933. The molecule has 2 saturated carbocycles. The molecule has 0 spiro atoms. The van der Waals surface area contributed by atoms with E-state index in [1.54, 1.807) is 0 Å². The van der Waals surface area contributed by atoms with E-state index >= 15 is 0 Å². The Hall–Kier alpha value is 1.01. The molecule has 0 aromatic carbocycles. The number of hydrogen-bond donors (Lipinski definition) is 0. The SMILES string of the molecule is O=C(OC1CCC(C(Cl)(Cl)Cl)CC1)OC1CCC(C(Cl)(Cl)Cl)CC1. The van der Waals surface area contributed by atoms with E-state index < -0.39 is 13.7 Å². The molecule has 9 heteroatoms. The smallest absolute Gasteiger partial charge is 0.431 e. The fourth-order valence-corrected chi connectivity index (χ4v) is 4.63. The number of hydrogen-bond acceptors (Lipinski definition) is 3. The highest BCUT2D eigenvalue weighted by Gasteiger charge is 2.38. The number of alkyl halides is 6. The van der Waals surface area contributed by atoms with Gasteiger partial charge in [-0.15, -0.1) is 0 Å². The van der Waals surface area contributed by atoms with Crippen LogP contribution in [0.3, 0.4) is 0 Å². The van der Waals surface area contributed by atoms with Crippen molar-refractivity contribution in [3.63, 3.8) is 0 Å². The van der Waals surface area contributed by atoms with Gasteiger partial charge < -0.3 is 9.47 Å². The van der Waals surface area contributed by atoms with Crippen LogP contribution in [0.5, 0.6) is 0 Å². The second-order valence-electron chi connectivity index (χ2n) is 6.52. The highest BCUT2D eigenvalue weighted by Crippen LogP contribution is 2.44. The fourth-order valence-electron chi connectivity index (χ4n) is 3.32. The van der Waals surface area contributed by atoms with E-state index in [2.05, 4.69) is 0 Å². The molecule has 2 aliphatic carbocycles. The summed E-state index contributed by atoms with van der Waals surface area (Å²) in [6, 6.07) is 0. The Morgan fingerprint density at radius 3 is 1.17 bits per heavy atom. The monoisotopic (exact) mass is 458 g/mol. The van der Waals surface area contributed by atoms with Gasteiger partial charge in [-0.1, -0.05) is 69.6 Å². The number of halogens is 6. The largest absolute Gasteiger partial charge is 0.508 e. The maximum atomic E-state index is 11.9. The minimum atomic E-state index is -1.26.